The molecule has 2 amide bonds. The lowest BCUT2D eigenvalue weighted by Gasteiger charge is -2.09. The molecule has 0 radical (unpaired) electrons. The lowest BCUT2D eigenvalue weighted by molar-refractivity contribution is -0.384. The van der Waals surface area contributed by atoms with Crippen LogP contribution in [0.5, 0.6) is 0 Å². The molecule has 0 saturated carbocycles. The van der Waals surface area contributed by atoms with Crippen LogP contribution in [0.15, 0.2) is 54.7 Å². The predicted molar refractivity (Wildman–Crippen MR) is 107 cm³/mol. The third kappa shape index (κ3) is 3.67. The molecule has 0 saturated heterocycles. The van der Waals surface area contributed by atoms with Crippen LogP contribution in [0, 0.1) is 10.1 Å². The molecule has 2 heterocycles. The molecule has 0 spiro atoms. The number of benzene rings is 2. The van der Waals surface area contributed by atoms with E-state index in [-0.39, 0.29) is 18.0 Å². The van der Waals surface area contributed by atoms with Crippen molar-refractivity contribution in [3.63, 3.8) is 0 Å². The van der Waals surface area contributed by atoms with E-state index < -0.39 is 16.9 Å². The fourth-order valence-electron chi connectivity index (χ4n) is 3.11. The lowest BCUT2D eigenvalue weighted by atomic mass is 10.1. The SMILES string of the molecule is O=C(CC1C(=O)Nc2c(-c3ccc(Cl)cc3)cnn21)Nc1ccc([N+](=O)[O-])cc1. The van der Waals surface area contributed by atoms with Crippen LogP contribution in [0.3, 0.4) is 0 Å². The number of anilines is 2. The number of nitrogens with one attached hydrogen (secondary N) is 2. The topological polar surface area (TPSA) is 119 Å². The predicted octanol–water partition coefficient (Wildman–Crippen LogP) is 3.63. The molecule has 1 aliphatic heterocycles. The van der Waals surface area contributed by atoms with Crippen LogP contribution in [0.4, 0.5) is 17.2 Å². The van der Waals surface area contributed by atoms with E-state index >= 15 is 0 Å². The Bertz CT molecular complexity index is 1110. The summed E-state index contributed by atoms with van der Waals surface area (Å²) in [5, 5.41) is 21.0. The lowest BCUT2D eigenvalue weighted by Crippen LogP contribution is -2.23. The molecule has 1 aromatic heterocycles. The van der Waals surface area contributed by atoms with Gasteiger partial charge in [0.05, 0.1) is 17.5 Å². The normalized spacial score (nSPS) is 14.9. The number of halogens is 1. The van der Waals surface area contributed by atoms with Gasteiger partial charge in [0.2, 0.25) is 5.91 Å². The second-order valence-electron chi connectivity index (χ2n) is 6.42. The molecule has 0 aliphatic carbocycles. The smallest absolute Gasteiger partial charge is 0.269 e. The van der Waals surface area contributed by atoms with Crippen molar-refractivity contribution < 1.29 is 14.5 Å². The zero-order chi connectivity index (χ0) is 20.5. The van der Waals surface area contributed by atoms with Crippen molar-refractivity contribution >= 4 is 40.6 Å². The zero-order valence-electron chi connectivity index (χ0n) is 14.8. The minimum Gasteiger partial charge on any atom is -0.326 e. The quantitative estimate of drug-likeness (QED) is 0.490. The van der Waals surface area contributed by atoms with Crippen LogP contribution in [0.1, 0.15) is 12.5 Å². The molecule has 2 aromatic carbocycles. The molecular weight excluding hydrogens is 398 g/mol. The molecule has 2 N–H and O–H groups in total. The van der Waals surface area contributed by atoms with Crippen molar-refractivity contribution in [1.82, 2.24) is 9.78 Å². The van der Waals surface area contributed by atoms with E-state index in [0.29, 0.717) is 16.5 Å². The Labute approximate surface area is 169 Å². The molecular formula is C19H14ClN5O4. The Hall–Kier alpha value is -3.72. The molecule has 0 fully saturated rings. The van der Waals surface area contributed by atoms with Crippen molar-refractivity contribution in [1.29, 1.82) is 0 Å². The number of carbonyl (C=O) groups excluding carboxylic acids is 2. The van der Waals surface area contributed by atoms with E-state index in [1.807, 2.05) is 12.1 Å². The summed E-state index contributed by atoms with van der Waals surface area (Å²) in [7, 11) is 0. The maximum Gasteiger partial charge on any atom is 0.269 e. The van der Waals surface area contributed by atoms with Gasteiger partial charge in [-0.05, 0) is 29.8 Å². The van der Waals surface area contributed by atoms with Crippen molar-refractivity contribution in [2.75, 3.05) is 10.6 Å². The first-order chi connectivity index (χ1) is 13.9. The van der Waals surface area contributed by atoms with Gasteiger partial charge in [-0.1, -0.05) is 23.7 Å². The summed E-state index contributed by atoms with van der Waals surface area (Å²) in [5.41, 5.74) is 1.90. The number of nitrogens with zero attached hydrogens (tertiary/aromatic N) is 3. The minimum absolute atomic E-state index is 0.0749. The summed E-state index contributed by atoms with van der Waals surface area (Å²) in [5.74, 6) is -0.219. The fourth-order valence-corrected chi connectivity index (χ4v) is 3.23. The van der Waals surface area contributed by atoms with Crippen molar-refractivity contribution in [2.24, 2.45) is 0 Å². The van der Waals surface area contributed by atoms with E-state index in [1.165, 1.54) is 28.9 Å². The number of amides is 2. The van der Waals surface area contributed by atoms with Gasteiger partial charge in [-0.3, -0.25) is 19.7 Å². The van der Waals surface area contributed by atoms with E-state index in [1.54, 1.807) is 18.3 Å². The first kappa shape index (κ1) is 18.6. The number of hydrogen-bond acceptors (Lipinski definition) is 5. The highest BCUT2D eigenvalue weighted by molar-refractivity contribution is 6.30. The average Bonchev–Trinajstić information content (AvgIpc) is 3.22. The summed E-state index contributed by atoms with van der Waals surface area (Å²) in [6, 6.07) is 11.8. The molecule has 0 bridgehead atoms. The van der Waals surface area contributed by atoms with Crippen LogP contribution >= 0.6 is 11.6 Å². The molecule has 1 atom stereocenters. The van der Waals surface area contributed by atoms with E-state index in [9.17, 15) is 19.7 Å². The van der Waals surface area contributed by atoms with Crippen LogP contribution in [-0.2, 0) is 9.59 Å². The van der Waals surface area contributed by atoms with Gasteiger partial charge in [-0.25, -0.2) is 4.68 Å². The Morgan fingerprint density at radius 1 is 1.21 bits per heavy atom. The van der Waals surface area contributed by atoms with Crippen LogP contribution in [0.2, 0.25) is 5.02 Å². The van der Waals surface area contributed by atoms with Gasteiger partial charge in [0.1, 0.15) is 11.9 Å². The Morgan fingerprint density at radius 2 is 1.90 bits per heavy atom. The van der Waals surface area contributed by atoms with Crippen molar-refractivity contribution in [3.8, 4) is 11.1 Å². The number of nitro benzene ring substituents is 1. The summed E-state index contributed by atoms with van der Waals surface area (Å²) >= 11 is 5.92. The first-order valence-corrected chi connectivity index (χ1v) is 8.99. The van der Waals surface area contributed by atoms with Crippen LogP contribution < -0.4 is 10.6 Å². The second-order valence-corrected chi connectivity index (χ2v) is 6.86. The standard InChI is InChI=1S/C19H14ClN5O4/c20-12-3-1-11(2-4-12)15-10-21-24-16(19(27)23-18(15)24)9-17(26)22-13-5-7-14(8-6-13)25(28)29/h1-8,10,16H,9H2,(H,22,26)(H,23,27). The fraction of sp³-hybridized carbons (Fsp3) is 0.105. The molecule has 3 aromatic rings. The minimum atomic E-state index is -0.788. The summed E-state index contributed by atoms with van der Waals surface area (Å²) < 4.78 is 1.49. The Kier molecular flexibility index (Phi) is 4.73. The molecule has 29 heavy (non-hydrogen) atoms. The number of rotatable bonds is 5. The third-order valence-electron chi connectivity index (χ3n) is 4.53. The monoisotopic (exact) mass is 411 g/mol. The average molecular weight is 412 g/mol. The largest absolute Gasteiger partial charge is 0.326 e. The number of fused-ring (bicyclic) bond motifs is 1. The molecule has 4 rings (SSSR count). The summed E-state index contributed by atoms with van der Waals surface area (Å²) in [6.07, 6.45) is 1.50. The Balaban J connectivity index is 1.49. The number of hydrogen-bond donors (Lipinski definition) is 2. The highest BCUT2D eigenvalue weighted by Gasteiger charge is 2.35. The first-order valence-electron chi connectivity index (χ1n) is 8.61. The van der Waals surface area contributed by atoms with Gasteiger partial charge in [-0.2, -0.15) is 5.10 Å². The van der Waals surface area contributed by atoms with Crippen LogP contribution in [-0.4, -0.2) is 26.5 Å². The highest BCUT2D eigenvalue weighted by Crippen LogP contribution is 2.36. The highest BCUT2D eigenvalue weighted by atomic mass is 35.5. The second kappa shape index (κ2) is 7.36. The van der Waals surface area contributed by atoms with Crippen molar-refractivity contribution in [3.05, 3.63) is 69.9 Å². The zero-order valence-corrected chi connectivity index (χ0v) is 15.6. The molecule has 9 nitrogen and oxygen atoms in total. The number of nitro groups is 1. The van der Waals surface area contributed by atoms with Crippen molar-refractivity contribution in [2.45, 2.75) is 12.5 Å². The van der Waals surface area contributed by atoms with Gasteiger partial charge in [-0.15, -0.1) is 0 Å². The number of non-ortho nitro benzene ring substituents is 1. The van der Waals surface area contributed by atoms with Crippen LogP contribution in [0.25, 0.3) is 11.1 Å². The Morgan fingerprint density at radius 3 is 2.55 bits per heavy atom. The number of aromatic nitrogens is 2. The third-order valence-corrected chi connectivity index (χ3v) is 4.78. The van der Waals surface area contributed by atoms with Gasteiger partial charge in [0, 0.05) is 28.4 Å². The maximum atomic E-state index is 12.4. The molecule has 1 unspecified atom stereocenters. The summed E-state index contributed by atoms with van der Waals surface area (Å²) in [4.78, 5) is 34.9. The van der Waals surface area contributed by atoms with Gasteiger partial charge in [0.25, 0.3) is 11.6 Å². The van der Waals surface area contributed by atoms with Gasteiger partial charge >= 0.3 is 0 Å². The van der Waals surface area contributed by atoms with E-state index in [2.05, 4.69) is 15.7 Å². The number of carbonyl (C=O) groups is 2. The molecule has 1 aliphatic rings. The van der Waals surface area contributed by atoms with Gasteiger partial charge < -0.3 is 10.6 Å². The van der Waals surface area contributed by atoms with E-state index in [4.69, 9.17) is 11.6 Å². The molecule has 10 heteroatoms. The molecule has 146 valence electrons. The van der Waals surface area contributed by atoms with Gasteiger partial charge in [0.15, 0.2) is 0 Å². The van der Waals surface area contributed by atoms with E-state index in [0.717, 1.165) is 11.1 Å². The summed E-state index contributed by atoms with van der Waals surface area (Å²) in [6.45, 7) is 0. The maximum absolute atomic E-state index is 12.4.